The maximum atomic E-state index is 11.6. The van der Waals surface area contributed by atoms with E-state index in [0.717, 1.165) is 58.2 Å². The SMILES string of the molecule is CCNC(=NCC(CC(C)C)N1CCOCC1)NCC1CCS(=O)(=O)C1.I. The van der Waals surface area contributed by atoms with Gasteiger partial charge in [-0.3, -0.25) is 9.89 Å². The van der Waals surface area contributed by atoms with Gasteiger partial charge in [-0.05, 0) is 31.6 Å². The third kappa shape index (κ3) is 9.27. The van der Waals surface area contributed by atoms with Gasteiger partial charge in [0.05, 0.1) is 31.3 Å². The smallest absolute Gasteiger partial charge is 0.191 e. The number of rotatable bonds is 8. The van der Waals surface area contributed by atoms with Crippen molar-refractivity contribution in [1.82, 2.24) is 15.5 Å². The second-order valence-corrected chi connectivity index (χ2v) is 10.0. The molecule has 2 saturated heterocycles. The van der Waals surface area contributed by atoms with Crippen LogP contribution in [0.25, 0.3) is 0 Å². The zero-order chi connectivity index (χ0) is 19.0. The van der Waals surface area contributed by atoms with E-state index in [9.17, 15) is 8.42 Å². The molecule has 0 aromatic heterocycles. The highest BCUT2D eigenvalue weighted by Gasteiger charge is 2.28. The average molecular weight is 516 g/mol. The first kappa shape index (κ1) is 24.9. The summed E-state index contributed by atoms with van der Waals surface area (Å²) in [5.74, 6) is 2.22. The molecule has 0 saturated carbocycles. The second-order valence-electron chi connectivity index (χ2n) is 7.80. The zero-order valence-electron chi connectivity index (χ0n) is 16.9. The minimum atomic E-state index is -2.83. The van der Waals surface area contributed by atoms with Crippen LogP contribution >= 0.6 is 24.0 Å². The Balaban J connectivity index is 0.00000364. The lowest BCUT2D eigenvalue weighted by molar-refractivity contribution is 0.0143. The van der Waals surface area contributed by atoms with Crippen molar-refractivity contribution in [3.05, 3.63) is 0 Å². The summed E-state index contributed by atoms with van der Waals surface area (Å²) in [6, 6.07) is 0.418. The van der Waals surface area contributed by atoms with Gasteiger partial charge in [0.1, 0.15) is 0 Å². The Morgan fingerprint density at radius 3 is 2.52 bits per heavy atom. The van der Waals surface area contributed by atoms with E-state index in [1.54, 1.807) is 0 Å². The van der Waals surface area contributed by atoms with Crippen molar-refractivity contribution in [3.8, 4) is 0 Å². The first-order valence-corrected chi connectivity index (χ1v) is 11.8. The highest BCUT2D eigenvalue weighted by atomic mass is 127. The number of morpholine rings is 1. The zero-order valence-corrected chi connectivity index (χ0v) is 20.1. The average Bonchev–Trinajstić information content (AvgIpc) is 2.95. The van der Waals surface area contributed by atoms with Gasteiger partial charge in [0.25, 0.3) is 0 Å². The molecule has 0 aliphatic carbocycles. The van der Waals surface area contributed by atoms with Crippen LogP contribution in [0.4, 0.5) is 0 Å². The number of nitrogens with zero attached hydrogens (tertiary/aromatic N) is 2. The van der Waals surface area contributed by atoms with Crippen molar-refractivity contribution in [2.45, 2.75) is 39.7 Å². The van der Waals surface area contributed by atoms with Gasteiger partial charge < -0.3 is 15.4 Å². The maximum Gasteiger partial charge on any atom is 0.191 e. The van der Waals surface area contributed by atoms with E-state index in [-0.39, 0.29) is 29.9 Å². The normalized spacial score (nSPS) is 24.4. The summed E-state index contributed by atoms with van der Waals surface area (Å²) in [6.07, 6.45) is 1.86. The predicted octanol–water partition coefficient (Wildman–Crippen LogP) is 1.34. The number of guanidine groups is 1. The molecule has 27 heavy (non-hydrogen) atoms. The number of nitrogens with one attached hydrogen (secondary N) is 2. The van der Waals surface area contributed by atoms with Crippen molar-refractivity contribution in [3.63, 3.8) is 0 Å². The van der Waals surface area contributed by atoms with Gasteiger partial charge >= 0.3 is 0 Å². The molecule has 160 valence electrons. The van der Waals surface area contributed by atoms with Crippen LogP contribution in [-0.2, 0) is 14.6 Å². The molecule has 0 aromatic rings. The Kier molecular flexibility index (Phi) is 11.5. The number of hydrogen-bond acceptors (Lipinski definition) is 5. The summed E-state index contributed by atoms with van der Waals surface area (Å²) >= 11 is 0. The van der Waals surface area contributed by atoms with Crippen LogP contribution in [0.5, 0.6) is 0 Å². The third-order valence-corrected chi connectivity index (χ3v) is 6.83. The fraction of sp³-hybridized carbons (Fsp3) is 0.944. The Morgan fingerprint density at radius 2 is 1.96 bits per heavy atom. The quantitative estimate of drug-likeness (QED) is 0.288. The van der Waals surface area contributed by atoms with Crippen molar-refractivity contribution in [2.75, 3.05) is 57.4 Å². The fourth-order valence-electron chi connectivity index (χ4n) is 3.64. The fourth-order valence-corrected chi connectivity index (χ4v) is 5.50. The second kappa shape index (κ2) is 12.4. The summed E-state index contributed by atoms with van der Waals surface area (Å²) in [4.78, 5) is 7.29. The summed E-state index contributed by atoms with van der Waals surface area (Å²) in [7, 11) is -2.83. The number of ether oxygens (including phenoxy) is 1. The Labute approximate surface area is 182 Å². The molecule has 0 bridgehead atoms. The Morgan fingerprint density at radius 1 is 1.26 bits per heavy atom. The van der Waals surface area contributed by atoms with E-state index in [2.05, 4.69) is 29.4 Å². The molecule has 2 aliphatic heterocycles. The topological polar surface area (TPSA) is 83.0 Å². The van der Waals surface area contributed by atoms with Gasteiger partial charge in [-0.25, -0.2) is 8.42 Å². The highest BCUT2D eigenvalue weighted by molar-refractivity contribution is 14.0. The van der Waals surface area contributed by atoms with Crippen LogP contribution in [-0.4, -0.2) is 82.8 Å². The summed E-state index contributed by atoms with van der Waals surface area (Å²) in [5, 5.41) is 6.63. The molecular formula is C18H37IN4O3S. The molecule has 2 aliphatic rings. The van der Waals surface area contributed by atoms with E-state index in [1.807, 2.05) is 6.92 Å². The molecule has 2 N–H and O–H groups in total. The van der Waals surface area contributed by atoms with Crippen LogP contribution in [0, 0.1) is 11.8 Å². The van der Waals surface area contributed by atoms with Crippen molar-refractivity contribution < 1.29 is 13.2 Å². The minimum absolute atomic E-state index is 0. The van der Waals surface area contributed by atoms with Gasteiger partial charge in [0.15, 0.2) is 15.8 Å². The molecule has 2 fully saturated rings. The van der Waals surface area contributed by atoms with E-state index in [4.69, 9.17) is 9.73 Å². The largest absolute Gasteiger partial charge is 0.379 e. The van der Waals surface area contributed by atoms with Crippen LogP contribution in [0.2, 0.25) is 0 Å². The van der Waals surface area contributed by atoms with Gasteiger partial charge in [0.2, 0.25) is 0 Å². The third-order valence-electron chi connectivity index (χ3n) is 4.99. The maximum absolute atomic E-state index is 11.6. The van der Waals surface area contributed by atoms with Crippen LogP contribution < -0.4 is 10.6 Å². The number of aliphatic imine (C=N–C) groups is 1. The van der Waals surface area contributed by atoms with Gasteiger partial charge in [-0.1, -0.05) is 13.8 Å². The molecule has 7 nitrogen and oxygen atoms in total. The lowest BCUT2D eigenvalue weighted by atomic mass is 10.0. The molecule has 2 heterocycles. The van der Waals surface area contributed by atoms with E-state index in [0.29, 0.717) is 30.0 Å². The molecule has 0 spiro atoms. The number of hydrogen-bond donors (Lipinski definition) is 2. The van der Waals surface area contributed by atoms with Gasteiger partial charge in [-0.2, -0.15) is 0 Å². The first-order chi connectivity index (χ1) is 12.4. The summed E-state index contributed by atoms with van der Waals surface area (Å²) in [6.45, 7) is 12.3. The van der Waals surface area contributed by atoms with E-state index in [1.165, 1.54) is 0 Å². The molecule has 9 heteroatoms. The van der Waals surface area contributed by atoms with Crippen molar-refractivity contribution in [1.29, 1.82) is 0 Å². The van der Waals surface area contributed by atoms with E-state index < -0.39 is 9.84 Å². The Bertz CT molecular complexity index is 551. The minimum Gasteiger partial charge on any atom is -0.379 e. The molecule has 0 radical (unpaired) electrons. The molecule has 2 unspecified atom stereocenters. The molecule has 0 aromatic carbocycles. The van der Waals surface area contributed by atoms with E-state index >= 15 is 0 Å². The van der Waals surface area contributed by atoms with Gasteiger partial charge in [-0.15, -0.1) is 24.0 Å². The summed E-state index contributed by atoms with van der Waals surface area (Å²) < 4.78 is 28.7. The molecule has 2 atom stereocenters. The number of sulfone groups is 1. The van der Waals surface area contributed by atoms with Crippen LogP contribution in [0.1, 0.15) is 33.6 Å². The van der Waals surface area contributed by atoms with Crippen molar-refractivity contribution in [2.24, 2.45) is 16.8 Å². The monoisotopic (exact) mass is 516 g/mol. The standard InChI is InChI=1S/C18H36N4O3S.HI/c1-4-19-18(20-12-16-5-10-26(23,24)14-16)21-13-17(11-15(2)3)22-6-8-25-9-7-22;/h15-17H,4-14H2,1-3H3,(H2,19,20,21);1H. The summed E-state index contributed by atoms with van der Waals surface area (Å²) in [5.41, 5.74) is 0. The predicted molar refractivity (Wildman–Crippen MR) is 122 cm³/mol. The van der Waals surface area contributed by atoms with Gasteiger partial charge in [0, 0.05) is 32.2 Å². The molecular weight excluding hydrogens is 479 g/mol. The number of halogens is 1. The lowest BCUT2D eigenvalue weighted by Gasteiger charge is -2.34. The lowest BCUT2D eigenvalue weighted by Crippen LogP contribution is -2.46. The first-order valence-electron chi connectivity index (χ1n) is 9.94. The highest BCUT2D eigenvalue weighted by Crippen LogP contribution is 2.17. The van der Waals surface area contributed by atoms with Crippen LogP contribution in [0.3, 0.4) is 0 Å². The molecule has 2 rings (SSSR count). The Hall–Kier alpha value is -0.130. The van der Waals surface area contributed by atoms with Crippen molar-refractivity contribution >= 4 is 39.8 Å². The molecule has 0 amide bonds. The van der Waals surface area contributed by atoms with Crippen LogP contribution in [0.15, 0.2) is 4.99 Å².